The maximum Gasteiger partial charge on any atom is 0.205 e. The first-order chi connectivity index (χ1) is 8.65. The number of rotatable bonds is 1. The van der Waals surface area contributed by atoms with Crippen molar-refractivity contribution >= 4 is 32.9 Å². The molecule has 0 saturated carbocycles. The molecule has 3 rings (SSSR count). The van der Waals surface area contributed by atoms with Crippen LogP contribution in [0.2, 0.25) is 0 Å². The monoisotopic (exact) mass is 302 g/mol. The van der Waals surface area contributed by atoms with Crippen LogP contribution in [-0.2, 0) is 0 Å². The van der Waals surface area contributed by atoms with Gasteiger partial charge in [0, 0.05) is 10.7 Å². The minimum absolute atomic E-state index is 0.468. The van der Waals surface area contributed by atoms with Crippen molar-refractivity contribution in [3.63, 3.8) is 0 Å². The summed E-state index contributed by atoms with van der Waals surface area (Å²) in [6, 6.07) is 8.06. The van der Waals surface area contributed by atoms with Gasteiger partial charge in [-0.25, -0.2) is 4.98 Å². The summed E-state index contributed by atoms with van der Waals surface area (Å²) in [6.07, 6.45) is 3.46. The Balaban J connectivity index is 2.34. The molecule has 0 aliphatic carbocycles. The van der Waals surface area contributed by atoms with E-state index in [2.05, 4.69) is 38.0 Å². The average Bonchev–Trinajstić information content (AvgIpc) is 2.63. The van der Waals surface area contributed by atoms with E-state index < -0.39 is 0 Å². The van der Waals surface area contributed by atoms with Crippen molar-refractivity contribution in [2.45, 2.75) is 6.92 Å². The Hall–Kier alpha value is -1.88. The summed E-state index contributed by atoms with van der Waals surface area (Å²) in [5.41, 5.74) is 9.91. The highest BCUT2D eigenvalue weighted by Gasteiger charge is 2.10. The molecule has 0 spiro atoms. The summed E-state index contributed by atoms with van der Waals surface area (Å²) in [7, 11) is 0. The van der Waals surface area contributed by atoms with Crippen LogP contribution in [0, 0.1) is 6.92 Å². The molecule has 0 aliphatic rings. The van der Waals surface area contributed by atoms with Crippen molar-refractivity contribution in [2.75, 3.05) is 5.73 Å². The van der Waals surface area contributed by atoms with E-state index in [-0.39, 0.29) is 0 Å². The minimum atomic E-state index is 0.468. The molecule has 1 aromatic carbocycles. The number of pyridine rings is 1. The molecule has 0 unspecified atom stereocenters. The molecule has 3 aromatic rings. The molecule has 0 bridgehead atoms. The molecule has 0 amide bonds. The van der Waals surface area contributed by atoms with Crippen molar-refractivity contribution in [1.29, 1.82) is 0 Å². The predicted octanol–water partition coefficient (Wildman–Crippen LogP) is 3.07. The summed E-state index contributed by atoms with van der Waals surface area (Å²) in [5.74, 6) is 0.468. The molecule has 0 saturated heterocycles. The molecule has 4 nitrogen and oxygen atoms in total. The molecule has 2 N–H and O–H groups in total. The third kappa shape index (κ3) is 1.76. The van der Waals surface area contributed by atoms with Crippen molar-refractivity contribution in [3.05, 3.63) is 46.7 Å². The highest BCUT2D eigenvalue weighted by atomic mass is 79.9. The molecule has 2 aromatic heterocycles. The second kappa shape index (κ2) is 4.10. The summed E-state index contributed by atoms with van der Waals surface area (Å²) in [4.78, 5) is 8.37. The molecular weight excluding hydrogens is 292 g/mol. The molecule has 5 heteroatoms. The number of hydrogen-bond donors (Lipinski definition) is 1. The number of nitrogens with two attached hydrogens (primary N) is 1. The lowest BCUT2D eigenvalue weighted by Gasteiger charge is -2.08. The second-order valence-electron chi connectivity index (χ2n) is 4.16. The van der Waals surface area contributed by atoms with Gasteiger partial charge in [0.25, 0.3) is 0 Å². The Kier molecular flexibility index (Phi) is 2.56. The number of nitrogen functional groups attached to an aromatic ring is 1. The maximum absolute atomic E-state index is 5.99. The van der Waals surface area contributed by atoms with E-state index in [4.69, 9.17) is 5.73 Å². The average molecular weight is 303 g/mol. The smallest absolute Gasteiger partial charge is 0.205 e. The van der Waals surface area contributed by atoms with E-state index in [0.717, 1.165) is 26.8 Å². The first-order valence-electron chi connectivity index (χ1n) is 5.50. The number of aryl methyl sites for hydroxylation is 1. The lowest BCUT2D eigenvalue weighted by molar-refractivity contribution is 1.10. The number of imidazole rings is 1. The van der Waals surface area contributed by atoms with E-state index in [1.807, 2.05) is 23.6 Å². The van der Waals surface area contributed by atoms with E-state index in [9.17, 15) is 0 Å². The van der Waals surface area contributed by atoms with Gasteiger partial charge in [0.15, 0.2) is 0 Å². The van der Waals surface area contributed by atoms with Crippen LogP contribution in [0.1, 0.15) is 5.56 Å². The summed E-state index contributed by atoms with van der Waals surface area (Å²) >= 11 is 3.50. The summed E-state index contributed by atoms with van der Waals surface area (Å²) in [6.45, 7) is 2.05. The van der Waals surface area contributed by atoms with Crippen molar-refractivity contribution in [3.8, 4) is 5.69 Å². The van der Waals surface area contributed by atoms with E-state index in [1.54, 1.807) is 12.4 Å². The first kappa shape index (κ1) is 11.2. The van der Waals surface area contributed by atoms with Crippen molar-refractivity contribution in [2.24, 2.45) is 0 Å². The molecule has 0 fully saturated rings. The van der Waals surface area contributed by atoms with Gasteiger partial charge in [-0.1, -0.05) is 15.9 Å². The molecule has 0 radical (unpaired) electrons. The predicted molar refractivity (Wildman–Crippen MR) is 75.7 cm³/mol. The molecular formula is C13H11BrN4. The number of anilines is 1. The van der Waals surface area contributed by atoms with Gasteiger partial charge in [0.05, 0.1) is 17.4 Å². The standard InChI is InChI=1S/C13H11BrN4/c1-8-4-9(14)6-10(5-8)18-12-2-3-16-7-11(12)17-13(18)15/h2-7H,1H3,(H2,15,17). The zero-order valence-electron chi connectivity index (χ0n) is 9.76. The van der Waals surface area contributed by atoms with Crippen LogP contribution in [0.5, 0.6) is 0 Å². The Bertz CT molecular complexity index is 713. The quantitative estimate of drug-likeness (QED) is 0.751. The van der Waals surface area contributed by atoms with Gasteiger partial charge in [-0.2, -0.15) is 0 Å². The number of fused-ring (bicyclic) bond motifs is 1. The Labute approximate surface area is 113 Å². The van der Waals surface area contributed by atoms with Crippen molar-refractivity contribution < 1.29 is 0 Å². The second-order valence-corrected chi connectivity index (χ2v) is 5.07. The summed E-state index contributed by atoms with van der Waals surface area (Å²) in [5, 5.41) is 0. The van der Waals surface area contributed by atoms with Gasteiger partial charge >= 0.3 is 0 Å². The summed E-state index contributed by atoms with van der Waals surface area (Å²) < 4.78 is 2.95. The number of aromatic nitrogens is 3. The molecule has 90 valence electrons. The van der Waals surface area contributed by atoms with Gasteiger partial charge in [-0.3, -0.25) is 9.55 Å². The van der Waals surface area contributed by atoms with Gasteiger partial charge in [-0.05, 0) is 36.8 Å². The minimum Gasteiger partial charge on any atom is -0.369 e. The Morgan fingerprint density at radius 1 is 1.28 bits per heavy atom. The highest BCUT2D eigenvalue weighted by molar-refractivity contribution is 9.10. The molecule has 0 aliphatic heterocycles. The highest BCUT2D eigenvalue weighted by Crippen LogP contribution is 2.25. The number of hydrogen-bond acceptors (Lipinski definition) is 3. The largest absolute Gasteiger partial charge is 0.369 e. The maximum atomic E-state index is 5.99. The lowest BCUT2D eigenvalue weighted by Crippen LogP contribution is -2.00. The number of nitrogens with zero attached hydrogens (tertiary/aromatic N) is 3. The van der Waals surface area contributed by atoms with E-state index in [1.165, 1.54) is 0 Å². The van der Waals surface area contributed by atoms with Crippen LogP contribution >= 0.6 is 15.9 Å². The van der Waals surface area contributed by atoms with Crippen LogP contribution in [-0.4, -0.2) is 14.5 Å². The number of benzene rings is 1. The lowest BCUT2D eigenvalue weighted by atomic mass is 10.2. The van der Waals surface area contributed by atoms with Crippen LogP contribution in [0.25, 0.3) is 16.7 Å². The normalized spacial score (nSPS) is 11.0. The van der Waals surface area contributed by atoms with Crippen LogP contribution < -0.4 is 5.73 Å². The SMILES string of the molecule is Cc1cc(Br)cc(-n2c(N)nc3cnccc32)c1. The van der Waals surface area contributed by atoms with Gasteiger partial charge in [0.1, 0.15) is 5.52 Å². The third-order valence-corrected chi connectivity index (χ3v) is 3.23. The molecule has 18 heavy (non-hydrogen) atoms. The fourth-order valence-electron chi connectivity index (χ4n) is 2.07. The fourth-order valence-corrected chi connectivity index (χ4v) is 2.66. The molecule has 2 heterocycles. The van der Waals surface area contributed by atoms with Gasteiger partial charge in [0.2, 0.25) is 5.95 Å². The van der Waals surface area contributed by atoms with Crippen molar-refractivity contribution in [1.82, 2.24) is 14.5 Å². The fraction of sp³-hybridized carbons (Fsp3) is 0.0769. The zero-order valence-corrected chi connectivity index (χ0v) is 11.3. The van der Waals surface area contributed by atoms with Gasteiger partial charge in [-0.15, -0.1) is 0 Å². The zero-order chi connectivity index (χ0) is 12.7. The first-order valence-corrected chi connectivity index (χ1v) is 6.30. The van der Waals surface area contributed by atoms with E-state index >= 15 is 0 Å². The van der Waals surface area contributed by atoms with Crippen LogP contribution in [0.15, 0.2) is 41.1 Å². The Morgan fingerprint density at radius 3 is 2.89 bits per heavy atom. The van der Waals surface area contributed by atoms with E-state index in [0.29, 0.717) is 5.95 Å². The number of halogens is 1. The van der Waals surface area contributed by atoms with Crippen LogP contribution in [0.3, 0.4) is 0 Å². The molecule has 0 atom stereocenters. The topological polar surface area (TPSA) is 56.7 Å². The third-order valence-electron chi connectivity index (χ3n) is 2.77. The Morgan fingerprint density at radius 2 is 2.11 bits per heavy atom. The van der Waals surface area contributed by atoms with Crippen LogP contribution in [0.4, 0.5) is 5.95 Å². The van der Waals surface area contributed by atoms with Gasteiger partial charge < -0.3 is 5.73 Å².